The Morgan fingerprint density at radius 3 is 3.00 bits per heavy atom. The van der Waals surface area contributed by atoms with Gasteiger partial charge in [0.1, 0.15) is 0 Å². The molecule has 68 valence electrons. The van der Waals surface area contributed by atoms with Crippen LogP contribution in [0.2, 0.25) is 0 Å². The van der Waals surface area contributed by atoms with Gasteiger partial charge in [-0.25, -0.2) is 0 Å². The number of rotatable bonds is 4. The van der Waals surface area contributed by atoms with Gasteiger partial charge in [-0.2, -0.15) is 0 Å². The van der Waals surface area contributed by atoms with Crippen molar-refractivity contribution in [1.29, 1.82) is 0 Å². The zero-order valence-corrected chi connectivity index (χ0v) is 7.96. The Kier molecular flexibility index (Phi) is 3.46. The highest BCUT2D eigenvalue weighted by Gasteiger charge is 2.05. The molecule has 0 spiro atoms. The van der Waals surface area contributed by atoms with Crippen LogP contribution in [0.4, 0.5) is 0 Å². The third kappa shape index (κ3) is 2.17. The van der Waals surface area contributed by atoms with Crippen molar-refractivity contribution < 1.29 is 4.74 Å². The fourth-order valence-corrected chi connectivity index (χ4v) is 1.80. The maximum Gasteiger partial charge on any atom is 0.305 e. The summed E-state index contributed by atoms with van der Waals surface area (Å²) in [6, 6.07) is 0. The van der Waals surface area contributed by atoms with Crippen LogP contribution >= 0.6 is 11.3 Å². The van der Waals surface area contributed by atoms with E-state index >= 15 is 0 Å². The lowest BCUT2D eigenvalue weighted by Crippen LogP contribution is -2.06. The highest BCUT2D eigenvalue weighted by Crippen LogP contribution is 2.09. The van der Waals surface area contributed by atoms with Crippen molar-refractivity contribution in [3.63, 3.8) is 0 Å². The van der Waals surface area contributed by atoms with E-state index in [-0.39, 0.29) is 4.87 Å². The van der Waals surface area contributed by atoms with Gasteiger partial charge < -0.3 is 15.0 Å². The van der Waals surface area contributed by atoms with Crippen LogP contribution in [-0.4, -0.2) is 19.1 Å². The van der Waals surface area contributed by atoms with Gasteiger partial charge in [0.15, 0.2) is 0 Å². The average molecular weight is 188 g/mol. The van der Waals surface area contributed by atoms with Gasteiger partial charge in [-0.15, -0.1) is 0 Å². The Balaban J connectivity index is 2.84. The molecule has 1 aromatic rings. The van der Waals surface area contributed by atoms with E-state index in [1.807, 2.05) is 7.05 Å². The molecule has 0 unspecified atom stereocenters. The van der Waals surface area contributed by atoms with Gasteiger partial charge in [0.2, 0.25) is 0 Å². The molecule has 12 heavy (non-hydrogen) atoms. The minimum atomic E-state index is -0.0210. The number of hydrogen-bond acceptors (Lipinski definition) is 4. The molecule has 5 heteroatoms. The molecular weight excluding hydrogens is 176 g/mol. The van der Waals surface area contributed by atoms with Gasteiger partial charge in [0, 0.05) is 18.5 Å². The van der Waals surface area contributed by atoms with E-state index in [4.69, 9.17) is 4.74 Å². The quantitative estimate of drug-likeness (QED) is 0.714. The number of nitrogens with one attached hydrogen (secondary N) is 2. The predicted molar refractivity (Wildman–Crippen MR) is 48.4 cm³/mol. The molecule has 1 aromatic heterocycles. The summed E-state index contributed by atoms with van der Waals surface area (Å²) < 4.78 is 4.94. The van der Waals surface area contributed by atoms with Crippen molar-refractivity contribution in [2.75, 3.05) is 14.2 Å². The van der Waals surface area contributed by atoms with E-state index in [9.17, 15) is 4.79 Å². The number of methoxy groups -OCH3 is 1. The number of H-pyrrole nitrogens is 1. The Hall–Kier alpha value is -0.650. The molecule has 0 aliphatic heterocycles. The van der Waals surface area contributed by atoms with Crippen molar-refractivity contribution in [3.8, 4) is 0 Å². The van der Waals surface area contributed by atoms with Gasteiger partial charge in [-0.05, 0) is 7.05 Å². The molecule has 1 heterocycles. The van der Waals surface area contributed by atoms with E-state index < -0.39 is 0 Å². The molecule has 0 saturated carbocycles. The van der Waals surface area contributed by atoms with Gasteiger partial charge in [0.25, 0.3) is 0 Å². The molecule has 2 N–H and O–H groups in total. The van der Waals surface area contributed by atoms with Crippen LogP contribution in [0.3, 0.4) is 0 Å². The smallest absolute Gasteiger partial charge is 0.305 e. The summed E-state index contributed by atoms with van der Waals surface area (Å²) in [6.07, 6.45) is 0. The molecule has 0 atom stereocenters. The van der Waals surface area contributed by atoms with Crippen molar-refractivity contribution in [2.45, 2.75) is 13.2 Å². The van der Waals surface area contributed by atoms with Crippen LogP contribution in [0, 0.1) is 0 Å². The second kappa shape index (κ2) is 4.39. The van der Waals surface area contributed by atoms with Crippen molar-refractivity contribution in [3.05, 3.63) is 20.2 Å². The van der Waals surface area contributed by atoms with Crippen LogP contribution in [0.1, 0.15) is 10.6 Å². The third-order valence-electron chi connectivity index (χ3n) is 1.43. The average Bonchev–Trinajstić information content (AvgIpc) is 2.33. The van der Waals surface area contributed by atoms with Crippen LogP contribution in [-0.2, 0) is 17.9 Å². The second-order valence-electron chi connectivity index (χ2n) is 2.38. The van der Waals surface area contributed by atoms with Crippen LogP contribution in [0.5, 0.6) is 0 Å². The molecule has 0 aliphatic carbocycles. The lowest BCUT2D eigenvalue weighted by Gasteiger charge is -1.99. The molecule has 0 radical (unpaired) electrons. The number of hydrogen-bond donors (Lipinski definition) is 2. The summed E-state index contributed by atoms with van der Waals surface area (Å²) in [6.45, 7) is 1.18. The van der Waals surface area contributed by atoms with E-state index in [0.717, 1.165) is 10.6 Å². The van der Waals surface area contributed by atoms with Gasteiger partial charge in [-0.1, -0.05) is 11.3 Å². The van der Waals surface area contributed by atoms with Crippen molar-refractivity contribution in [1.82, 2.24) is 10.3 Å². The maximum absolute atomic E-state index is 10.9. The van der Waals surface area contributed by atoms with E-state index in [1.54, 1.807) is 7.11 Å². The normalized spacial score (nSPS) is 10.5. The van der Waals surface area contributed by atoms with E-state index in [1.165, 1.54) is 11.3 Å². The summed E-state index contributed by atoms with van der Waals surface area (Å²) in [5.74, 6) is 0. The van der Waals surface area contributed by atoms with Crippen molar-refractivity contribution >= 4 is 11.3 Å². The summed E-state index contributed by atoms with van der Waals surface area (Å²) in [7, 11) is 3.46. The highest BCUT2D eigenvalue weighted by molar-refractivity contribution is 7.09. The highest BCUT2D eigenvalue weighted by atomic mass is 32.1. The Morgan fingerprint density at radius 1 is 1.67 bits per heavy atom. The lowest BCUT2D eigenvalue weighted by molar-refractivity contribution is 0.181. The van der Waals surface area contributed by atoms with Crippen molar-refractivity contribution in [2.24, 2.45) is 0 Å². The zero-order chi connectivity index (χ0) is 8.97. The van der Waals surface area contributed by atoms with Gasteiger partial charge in [-0.3, -0.25) is 4.79 Å². The minimum absolute atomic E-state index is 0.0210. The molecule has 0 aromatic carbocycles. The molecule has 0 aliphatic rings. The summed E-state index contributed by atoms with van der Waals surface area (Å²) in [5, 5.41) is 2.99. The predicted octanol–water partition coefficient (Wildman–Crippen LogP) is 0.302. The first-order chi connectivity index (χ1) is 5.77. The molecule has 0 saturated heterocycles. The Labute approximate surface area is 74.6 Å². The SMILES string of the molecule is CNCc1sc(=O)[nH]c1COC. The third-order valence-corrected chi connectivity index (χ3v) is 2.36. The topological polar surface area (TPSA) is 54.1 Å². The summed E-state index contributed by atoms with van der Waals surface area (Å²) >= 11 is 1.23. The number of ether oxygens (including phenoxy) is 1. The molecule has 0 amide bonds. The summed E-state index contributed by atoms with van der Waals surface area (Å²) in [5.41, 5.74) is 0.877. The van der Waals surface area contributed by atoms with Gasteiger partial charge >= 0.3 is 4.87 Å². The van der Waals surface area contributed by atoms with Gasteiger partial charge in [0.05, 0.1) is 12.3 Å². The number of aromatic nitrogens is 1. The second-order valence-corrected chi connectivity index (χ2v) is 3.45. The zero-order valence-electron chi connectivity index (χ0n) is 7.14. The molecule has 4 nitrogen and oxygen atoms in total. The van der Waals surface area contributed by atoms with Crippen LogP contribution < -0.4 is 10.2 Å². The first-order valence-electron chi connectivity index (χ1n) is 3.62. The number of thiazole rings is 1. The fourth-order valence-electron chi connectivity index (χ4n) is 0.956. The molecule has 1 rings (SSSR count). The molecular formula is C7H12N2O2S. The minimum Gasteiger partial charge on any atom is -0.378 e. The fraction of sp³-hybridized carbons (Fsp3) is 0.571. The van der Waals surface area contributed by atoms with Crippen LogP contribution in [0.15, 0.2) is 4.79 Å². The summed E-state index contributed by atoms with van der Waals surface area (Å²) in [4.78, 5) is 14.7. The van der Waals surface area contributed by atoms with E-state index in [0.29, 0.717) is 13.2 Å². The Morgan fingerprint density at radius 2 is 2.42 bits per heavy atom. The van der Waals surface area contributed by atoms with E-state index in [2.05, 4.69) is 10.3 Å². The monoisotopic (exact) mass is 188 g/mol. The number of aromatic amines is 1. The molecule has 0 fully saturated rings. The standard InChI is InChI=1S/C7H12N2O2S/c1-8-3-6-5(4-11-2)9-7(10)12-6/h8H,3-4H2,1-2H3,(H,9,10). The molecule has 0 bridgehead atoms. The maximum atomic E-state index is 10.9. The first kappa shape index (κ1) is 9.44. The first-order valence-corrected chi connectivity index (χ1v) is 4.44. The largest absolute Gasteiger partial charge is 0.378 e. The Bertz CT molecular complexity index is 265. The lowest BCUT2D eigenvalue weighted by atomic mass is 10.4. The van der Waals surface area contributed by atoms with Crippen LogP contribution in [0.25, 0.3) is 0 Å².